The van der Waals surface area contributed by atoms with Crippen LogP contribution in [0.25, 0.3) is 0 Å². The van der Waals surface area contributed by atoms with Crippen LogP contribution in [0, 0.1) is 23.3 Å². The second-order valence-corrected chi connectivity index (χ2v) is 25.3. The zero-order valence-corrected chi connectivity index (χ0v) is 52.1. The van der Waals surface area contributed by atoms with Gasteiger partial charge in [0.2, 0.25) is 0 Å². The Labute approximate surface area is 548 Å². The van der Waals surface area contributed by atoms with E-state index in [0.29, 0.717) is 37.4 Å². The number of amides is 2. The van der Waals surface area contributed by atoms with Gasteiger partial charge in [0.15, 0.2) is 34.5 Å². The summed E-state index contributed by atoms with van der Waals surface area (Å²) in [6.07, 6.45) is -16.0. The first-order valence-electron chi connectivity index (χ1n) is 29.5. The van der Waals surface area contributed by atoms with Crippen LogP contribution in [0.2, 0.25) is 0 Å². The molecule has 2 atom stereocenters. The van der Waals surface area contributed by atoms with Crippen molar-refractivity contribution in [2.24, 2.45) is 0 Å². The van der Waals surface area contributed by atoms with E-state index in [-0.39, 0.29) is 112 Å². The Morgan fingerprint density at radius 1 is 0.379 bits per heavy atom. The van der Waals surface area contributed by atoms with Gasteiger partial charge in [0.25, 0.3) is 0 Å². The fraction of sp³-hybridized carbons (Fsp3) is 0.424. The van der Waals surface area contributed by atoms with E-state index in [1.165, 1.54) is 23.3 Å². The maximum absolute atomic E-state index is 14.5. The number of cyclic esters (lactones) is 2. The summed E-state index contributed by atoms with van der Waals surface area (Å²) in [7, 11) is 0. The van der Waals surface area contributed by atoms with E-state index in [2.05, 4.69) is 24.3 Å². The third-order valence-corrected chi connectivity index (χ3v) is 20.0. The maximum Gasteiger partial charge on any atom is 0.416 e. The number of carbonyl (C=O) groups excluding carboxylic acids is 2. The molecule has 0 spiro atoms. The number of piperidine rings is 6. The van der Waals surface area contributed by atoms with Crippen molar-refractivity contribution >= 4 is 12.2 Å². The molecule has 8 aliphatic rings. The Morgan fingerprint density at radius 3 is 0.926 bits per heavy atom. The first-order chi connectivity index (χ1) is 42.2. The molecule has 0 aliphatic carbocycles. The number of quaternary nitrogens is 2. The lowest BCUT2D eigenvalue weighted by molar-refractivity contribution is -0.944. The lowest BCUT2D eigenvalue weighted by atomic mass is 9.66. The summed E-state index contributed by atoms with van der Waals surface area (Å²) in [6, 6.07) is 29.3. The van der Waals surface area contributed by atoms with Gasteiger partial charge in [-0.2, -0.15) is 52.7 Å². The number of rotatable bonds is 14. The normalized spacial score (nSPS) is 25.3. The molecule has 95 heavy (non-hydrogen) atoms. The summed E-state index contributed by atoms with van der Waals surface area (Å²) < 4.78 is 232. The standard InChI is InChI=1S/2C33H31F8N2O2.2ClH.3H2O/c2*34-27-7-6-24(19-28(27)35)31(11-15-43-12-8-30(9-13-43,10-14-43)23-4-2-1-3-5-23)21-42(29(44)45-31)20-22-16-25(32(36,37)38)18-26(17-22)33(39,40)41;;;;;/h2*1-7,16-19H,8-15,20-21H2;2*1H;3*1H2/q2*+1;;;;;/p-2. The van der Waals surface area contributed by atoms with Crippen molar-refractivity contribution in [1.29, 1.82) is 0 Å². The predicted molar refractivity (Wildman–Crippen MR) is 306 cm³/mol. The van der Waals surface area contributed by atoms with Gasteiger partial charge in [0, 0.05) is 86.4 Å². The summed E-state index contributed by atoms with van der Waals surface area (Å²) in [4.78, 5) is 28.4. The predicted octanol–water partition coefficient (Wildman–Crippen LogP) is 7.92. The number of halogens is 18. The number of carbonyl (C=O) groups is 2. The quantitative estimate of drug-likeness (QED) is 0.0804. The van der Waals surface area contributed by atoms with E-state index in [4.69, 9.17) is 9.47 Å². The molecule has 8 saturated heterocycles. The fourth-order valence-corrected chi connectivity index (χ4v) is 14.7. The largest absolute Gasteiger partial charge is 1.00 e. The molecule has 6 aromatic carbocycles. The molecule has 14 rings (SSSR count). The van der Waals surface area contributed by atoms with Crippen LogP contribution < -0.4 is 24.8 Å². The highest BCUT2D eigenvalue weighted by Gasteiger charge is 2.56. The van der Waals surface area contributed by atoms with Gasteiger partial charge in [0.1, 0.15) is 0 Å². The summed E-state index contributed by atoms with van der Waals surface area (Å²) in [6.45, 7) is 4.54. The molecular formula is C66H68Cl2F16N4O7. The Hall–Kier alpha value is -6.88. The monoisotopic (exact) mass is 1400 g/mol. The fourth-order valence-electron chi connectivity index (χ4n) is 14.7. The summed E-state index contributed by atoms with van der Waals surface area (Å²) in [5.41, 5.74) is -6.59. The molecule has 8 aliphatic heterocycles. The van der Waals surface area contributed by atoms with Gasteiger partial charge in [0.05, 0.1) is 87.7 Å². The maximum atomic E-state index is 14.5. The number of nitrogens with zero attached hydrogens (tertiary/aromatic N) is 4. The third-order valence-electron chi connectivity index (χ3n) is 20.0. The van der Waals surface area contributed by atoms with Gasteiger partial charge in [-0.05, 0) is 82.9 Å². The molecule has 6 N–H and O–H groups in total. The van der Waals surface area contributed by atoms with Crippen LogP contribution in [0.1, 0.15) is 107 Å². The highest BCUT2D eigenvalue weighted by molar-refractivity contribution is 5.72. The van der Waals surface area contributed by atoms with E-state index in [9.17, 15) is 79.8 Å². The second-order valence-electron chi connectivity index (χ2n) is 25.3. The average Bonchev–Trinajstić information content (AvgIpc) is 1.52. The molecule has 0 aromatic heterocycles. The van der Waals surface area contributed by atoms with E-state index in [1.54, 1.807) is 0 Å². The van der Waals surface area contributed by atoms with Crippen molar-refractivity contribution in [1.82, 2.24) is 9.80 Å². The summed E-state index contributed by atoms with van der Waals surface area (Å²) in [5.74, 6) is -4.54. The molecule has 6 aromatic rings. The Bertz CT molecular complexity index is 3330. The molecular weight excluding hydrogens is 1340 g/mol. The van der Waals surface area contributed by atoms with Crippen molar-refractivity contribution < 1.29 is 140 Å². The van der Waals surface area contributed by atoms with E-state index < -0.39 is 107 Å². The van der Waals surface area contributed by atoms with E-state index in [1.807, 2.05) is 36.4 Å². The lowest BCUT2D eigenvalue weighted by Crippen LogP contribution is -3.00. The first-order valence-corrected chi connectivity index (χ1v) is 29.5. The smallest absolute Gasteiger partial charge is 0.416 e. The Balaban J connectivity index is 0.000000286. The molecule has 8 fully saturated rings. The topological polar surface area (TPSA) is 154 Å². The van der Waals surface area contributed by atoms with Crippen LogP contribution in [-0.4, -0.2) is 113 Å². The molecule has 520 valence electrons. The van der Waals surface area contributed by atoms with Crippen LogP contribution in [0.5, 0.6) is 0 Å². The second kappa shape index (κ2) is 28.3. The molecule has 0 saturated carbocycles. The van der Waals surface area contributed by atoms with Crippen molar-refractivity contribution in [2.75, 3.05) is 65.4 Å². The number of fused-ring (bicyclic) bond motifs is 6. The number of ether oxygens (including phenoxy) is 2. The number of hydrogen-bond acceptors (Lipinski definition) is 4. The van der Waals surface area contributed by atoms with Gasteiger partial charge >= 0.3 is 36.9 Å². The molecule has 29 heteroatoms. The van der Waals surface area contributed by atoms with Gasteiger partial charge in [-0.1, -0.05) is 72.8 Å². The van der Waals surface area contributed by atoms with Gasteiger partial charge < -0.3 is 59.7 Å². The van der Waals surface area contributed by atoms with E-state index >= 15 is 0 Å². The van der Waals surface area contributed by atoms with E-state index in [0.717, 1.165) is 121 Å². The molecule has 11 nitrogen and oxygen atoms in total. The molecule has 8 heterocycles. The minimum atomic E-state index is -5.05. The highest BCUT2D eigenvalue weighted by Crippen LogP contribution is 2.51. The zero-order valence-electron chi connectivity index (χ0n) is 50.6. The van der Waals surface area contributed by atoms with Gasteiger partial charge in [-0.15, -0.1) is 0 Å². The van der Waals surface area contributed by atoms with Crippen LogP contribution in [-0.2, 0) is 69.3 Å². The van der Waals surface area contributed by atoms with Crippen molar-refractivity contribution in [3.63, 3.8) is 0 Å². The third kappa shape index (κ3) is 15.9. The molecule has 4 bridgehead atoms. The first kappa shape index (κ1) is 77.1. The minimum Gasteiger partial charge on any atom is -1.00 e. The molecule has 2 unspecified atom stereocenters. The minimum absolute atomic E-state index is 0. The summed E-state index contributed by atoms with van der Waals surface area (Å²) in [5, 5.41) is 0. The lowest BCUT2D eigenvalue weighted by Gasteiger charge is -2.55. The highest BCUT2D eigenvalue weighted by atomic mass is 35.5. The van der Waals surface area contributed by atoms with Crippen LogP contribution in [0.15, 0.2) is 133 Å². The average molecular weight is 1400 g/mol. The SMILES string of the molecule is O.O.O.O=C1OC(CC[N+]23CCC(c4ccccc4)(CC2)CC3)(c2ccc(F)c(F)c2)CN1Cc1cc(C(F)(F)F)cc(C(F)(F)F)c1.O=C1OC(CC[N+]23CCC(c4ccccc4)(CC2)CC3)(c2ccc(F)c(F)c2)CN1Cc1cc(C(F)(F)F)cc(C(F)(F)F)c1.[Cl-].[Cl-]. The number of hydrogen-bond donors (Lipinski definition) is 0. The zero-order chi connectivity index (χ0) is 64.5. The van der Waals surface area contributed by atoms with Crippen LogP contribution in [0.4, 0.5) is 79.8 Å². The Kier molecular flexibility index (Phi) is 23.0. The number of benzene rings is 6. The van der Waals surface area contributed by atoms with Gasteiger partial charge in [-0.25, -0.2) is 27.2 Å². The van der Waals surface area contributed by atoms with Gasteiger partial charge in [-0.3, -0.25) is 9.80 Å². The van der Waals surface area contributed by atoms with Crippen molar-refractivity contribution in [3.8, 4) is 0 Å². The van der Waals surface area contributed by atoms with Crippen LogP contribution >= 0.6 is 0 Å². The molecule has 2 amide bonds. The Morgan fingerprint density at radius 2 is 0.663 bits per heavy atom. The van der Waals surface area contributed by atoms with Crippen molar-refractivity contribution in [2.45, 2.75) is 111 Å². The number of alkyl halides is 12. The molecule has 0 radical (unpaired) electrons. The van der Waals surface area contributed by atoms with Crippen LogP contribution in [0.3, 0.4) is 0 Å². The van der Waals surface area contributed by atoms with Crippen molar-refractivity contribution in [3.05, 3.63) is 212 Å². The summed E-state index contributed by atoms with van der Waals surface area (Å²) >= 11 is 0.